The van der Waals surface area contributed by atoms with Crippen molar-refractivity contribution in [3.05, 3.63) is 12.2 Å². The van der Waals surface area contributed by atoms with Gasteiger partial charge in [-0.2, -0.15) is 0 Å². The molecule has 42 heavy (non-hydrogen) atoms. The standard InChI is InChI=1S/C29H51N5O7S/c1-20(2)26(33-23(35)13-8-7-11-17-34-24(36)14-15-25(34)37)28(39)31-21(3)27(38)32-22(12-9-10-16-30)29(40)41-18-19-42(4,5)6/h14-15,20-22,26H,7-13,16-19,30H2,1-6H3,(H,31,39)(H,32,38)(H,33,35)/t21-,22-,26-/m0/s1. The number of ether oxygens (including phenoxy) is 1. The van der Waals surface area contributed by atoms with Crippen LogP contribution in [0, 0.1) is 5.92 Å². The lowest BCUT2D eigenvalue weighted by Crippen LogP contribution is -2.56. The summed E-state index contributed by atoms with van der Waals surface area (Å²) in [5, 5.41) is 8.09. The second-order valence-corrected chi connectivity index (χ2v) is 16.4. The number of nitrogens with two attached hydrogens (primary N) is 1. The number of rotatable bonds is 20. The second-order valence-electron chi connectivity index (χ2n) is 11.8. The summed E-state index contributed by atoms with van der Waals surface area (Å²) in [6.45, 7) is 6.14. The van der Waals surface area contributed by atoms with Crippen molar-refractivity contribution in [2.45, 2.75) is 83.8 Å². The van der Waals surface area contributed by atoms with Crippen molar-refractivity contribution in [3.8, 4) is 0 Å². The fraction of sp³-hybridized carbons (Fsp3) is 0.724. The van der Waals surface area contributed by atoms with Gasteiger partial charge in [-0.05, 0) is 70.3 Å². The van der Waals surface area contributed by atoms with Gasteiger partial charge in [-0.25, -0.2) is 14.8 Å². The summed E-state index contributed by atoms with van der Waals surface area (Å²) < 4.78 is 5.43. The molecule has 0 saturated carbocycles. The SMILES string of the molecule is CC(C)[C@H](NC(=O)CCCCCN1C(=O)C=CC1=O)C(=O)N[C@@H](C)C(=O)N[C@@H](CCCCN)C(=O)OCCS(C)(C)C. The van der Waals surface area contributed by atoms with Crippen LogP contribution in [0.3, 0.4) is 0 Å². The van der Waals surface area contributed by atoms with Crippen molar-refractivity contribution in [1.29, 1.82) is 0 Å². The first kappa shape index (κ1) is 37.1. The largest absolute Gasteiger partial charge is 0.463 e. The average molecular weight is 614 g/mol. The Kier molecular flexibility index (Phi) is 16.4. The Morgan fingerprint density at radius 3 is 2.10 bits per heavy atom. The molecular formula is C29H51N5O7S. The number of hydrogen-bond acceptors (Lipinski definition) is 8. The van der Waals surface area contributed by atoms with Crippen LogP contribution in [-0.4, -0.2) is 103 Å². The van der Waals surface area contributed by atoms with Crippen molar-refractivity contribution in [1.82, 2.24) is 20.9 Å². The zero-order valence-electron chi connectivity index (χ0n) is 26.0. The summed E-state index contributed by atoms with van der Waals surface area (Å²) in [6.07, 6.45) is 12.5. The Morgan fingerprint density at radius 2 is 1.52 bits per heavy atom. The van der Waals surface area contributed by atoms with Crippen LogP contribution in [0.5, 0.6) is 0 Å². The normalized spacial score (nSPS) is 15.8. The predicted octanol–water partition coefficient (Wildman–Crippen LogP) is 0.968. The Hall–Kier alpha value is -2.93. The maximum Gasteiger partial charge on any atom is 0.328 e. The van der Waals surface area contributed by atoms with Gasteiger partial charge in [0.25, 0.3) is 11.8 Å². The van der Waals surface area contributed by atoms with Gasteiger partial charge in [0.2, 0.25) is 17.7 Å². The highest BCUT2D eigenvalue weighted by Gasteiger charge is 2.29. The van der Waals surface area contributed by atoms with E-state index in [-0.39, 0.29) is 36.7 Å². The van der Waals surface area contributed by atoms with E-state index in [9.17, 15) is 28.8 Å². The fourth-order valence-electron chi connectivity index (χ4n) is 4.06. The van der Waals surface area contributed by atoms with Crippen LogP contribution in [0.15, 0.2) is 12.2 Å². The highest BCUT2D eigenvalue weighted by molar-refractivity contribution is 8.32. The molecule has 1 rings (SSSR count). The highest BCUT2D eigenvalue weighted by Crippen LogP contribution is 2.33. The number of esters is 1. The molecule has 0 aromatic heterocycles. The lowest BCUT2D eigenvalue weighted by atomic mass is 10.0. The van der Waals surface area contributed by atoms with E-state index in [2.05, 4.69) is 34.7 Å². The van der Waals surface area contributed by atoms with Gasteiger partial charge in [0.15, 0.2) is 0 Å². The number of amides is 5. The molecule has 0 aromatic carbocycles. The molecule has 0 saturated heterocycles. The number of nitrogens with zero attached hydrogens (tertiary/aromatic N) is 1. The smallest absolute Gasteiger partial charge is 0.328 e. The van der Waals surface area contributed by atoms with E-state index in [0.717, 1.165) is 10.7 Å². The molecule has 0 aromatic rings. The van der Waals surface area contributed by atoms with Gasteiger partial charge < -0.3 is 26.4 Å². The van der Waals surface area contributed by atoms with Gasteiger partial charge in [0.05, 0.1) is 6.61 Å². The zero-order valence-corrected chi connectivity index (χ0v) is 26.8. The molecule has 0 unspecified atom stereocenters. The summed E-state index contributed by atoms with van der Waals surface area (Å²) in [5.74, 6) is -1.99. The highest BCUT2D eigenvalue weighted by atomic mass is 32.3. The third-order valence-electron chi connectivity index (χ3n) is 6.69. The van der Waals surface area contributed by atoms with Gasteiger partial charge in [-0.3, -0.25) is 28.9 Å². The van der Waals surface area contributed by atoms with Crippen LogP contribution in [0.1, 0.15) is 65.7 Å². The molecule has 0 aliphatic carbocycles. The molecule has 0 fully saturated rings. The Balaban J connectivity index is 2.58. The Bertz CT molecular complexity index is 962. The van der Waals surface area contributed by atoms with Crippen LogP contribution in [0.25, 0.3) is 0 Å². The van der Waals surface area contributed by atoms with Crippen molar-refractivity contribution in [2.75, 3.05) is 44.2 Å². The lowest BCUT2D eigenvalue weighted by molar-refractivity contribution is -0.147. The fourth-order valence-corrected chi connectivity index (χ4v) is 4.65. The molecule has 0 radical (unpaired) electrons. The first-order valence-electron chi connectivity index (χ1n) is 14.6. The monoisotopic (exact) mass is 613 g/mol. The second kappa shape index (κ2) is 18.6. The van der Waals surface area contributed by atoms with Gasteiger partial charge in [-0.1, -0.05) is 20.3 Å². The van der Waals surface area contributed by atoms with Gasteiger partial charge in [0.1, 0.15) is 18.1 Å². The molecule has 1 heterocycles. The first-order valence-corrected chi connectivity index (χ1v) is 17.6. The van der Waals surface area contributed by atoms with Gasteiger partial charge in [-0.15, -0.1) is 0 Å². The van der Waals surface area contributed by atoms with Crippen LogP contribution in [-0.2, 0) is 33.5 Å². The topological polar surface area (TPSA) is 177 Å². The maximum atomic E-state index is 13.0. The third-order valence-corrected chi connectivity index (χ3v) is 8.08. The van der Waals surface area contributed by atoms with E-state index >= 15 is 0 Å². The van der Waals surface area contributed by atoms with E-state index in [0.29, 0.717) is 51.6 Å². The van der Waals surface area contributed by atoms with Crippen LogP contribution >= 0.6 is 10.0 Å². The number of carbonyl (C=O) groups excluding carboxylic acids is 6. The molecule has 1 aliphatic heterocycles. The number of hydrogen-bond donors (Lipinski definition) is 4. The van der Waals surface area contributed by atoms with E-state index in [4.69, 9.17) is 10.5 Å². The summed E-state index contributed by atoms with van der Waals surface area (Å²) in [4.78, 5) is 75.5. The number of nitrogens with one attached hydrogen (secondary N) is 3. The molecule has 3 atom stereocenters. The number of imide groups is 1. The van der Waals surface area contributed by atoms with Crippen LogP contribution < -0.4 is 21.7 Å². The molecule has 13 heteroatoms. The van der Waals surface area contributed by atoms with Crippen molar-refractivity contribution < 1.29 is 33.5 Å². The third kappa shape index (κ3) is 14.3. The summed E-state index contributed by atoms with van der Waals surface area (Å²) in [7, 11) is -0.840. The predicted molar refractivity (Wildman–Crippen MR) is 165 cm³/mol. The number of unbranched alkanes of at least 4 members (excludes halogenated alkanes) is 3. The first-order chi connectivity index (χ1) is 19.7. The molecule has 5 amide bonds. The maximum absolute atomic E-state index is 13.0. The van der Waals surface area contributed by atoms with E-state index in [1.54, 1.807) is 13.8 Å². The summed E-state index contributed by atoms with van der Waals surface area (Å²) in [6, 6.07) is -2.66. The number of carbonyl (C=O) groups is 6. The molecule has 0 spiro atoms. The Labute approximate surface area is 251 Å². The molecule has 0 bridgehead atoms. The van der Waals surface area contributed by atoms with E-state index < -0.39 is 45.9 Å². The summed E-state index contributed by atoms with van der Waals surface area (Å²) in [5.41, 5.74) is 5.58. The summed E-state index contributed by atoms with van der Waals surface area (Å²) >= 11 is 0. The van der Waals surface area contributed by atoms with E-state index in [1.165, 1.54) is 19.1 Å². The van der Waals surface area contributed by atoms with Gasteiger partial charge in [0, 0.05) is 30.9 Å². The van der Waals surface area contributed by atoms with Crippen molar-refractivity contribution >= 4 is 45.5 Å². The van der Waals surface area contributed by atoms with E-state index in [1.807, 2.05) is 0 Å². The quantitative estimate of drug-likeness (QED) is 0.0892. The molecule has 12 nitrogen and oxygen atoms in total. The minimum atomic E-state index is -0.954. The minimum Gasteiger partial charge on any atom is -0.463 e. The van der Waals surface area contributed by atoms with Crippen molar-refractivity contribution in [3.63, 3.8) is 0 Å². The lowest BCUT2D eigenvalue weighted by Gasteiger charge is -2.26. The minimum absolute atomic E-state index is 0.177. The van der Waals surface area contributed by atoms with Gasteiger partial charge >= 0.3 is 5.97 Å². The van der Waals surface area contributed by atoms with Crippen LogP contribution in [0.2, 0.25) is 0 Å². The Morgan fingerprint density at radius 1 is 0.881 bits per heavy atom. The van der Waals surface area contributed by atoms with Crippen LogP contribution in [0.4, 0.5) is 0 Å². The zero-order chi connectivity index (χ0) is 31.9. The molecule has 1 aliphatic rings. The molecule has 240 valence electrons. The molecular weight excluding hydrogens is 562 g/mol. The molecule has 5 N–H and O–H groups in total. The average Bonchev–Trinajstić information content (AvgIpc) is 3.22. The van der Waals surface area contributed by atoms with Crippen molar-refractivity contribution in [2.24, 2.45) is 11.7 Å².